The SMILES string of the molecule is c1cnc2c(c1)c1ccc3cccc2n31. The van der Waals surface area contributed by atoms with Crippen LogP contribution in [0.25, 0.3) is 27.5 Å². The third-order valence-corrected chi connectivity index (χ3v) is 3.00. The largest absolute Gasteiger partial charge is 0.308 e. The number of fused-ring (bicyclic) bond motifs is 3. The number of rotatable bonds is 0. The van der Waals surface area contributed by atoms with Gasteiger partial charge in [0.1, 0.15) is 0 Å². The summed E-state index contributed by atoms with van der Waals surface area (Å²) in [6.07, 6.45) is 1.85. The molecule has 2 nitrogen and oxygen atoms in total. The first-order valence-electron chi connectivity index (χ1n) is 5.01. The molecule has 70 valence electrons. The molecule has 0 saturated heterocycles. The average Bonchev–Trinajstić information content (AvgIpc) is 2.85. The topological polar surface area (TPSA) is 17.3 Å². The molecule has 0 spiro atoms. The molecule has 0 bridgehead atoms. The van der Waals surface area contributed by atoms with Gasteiger partial charge in [-0.15, -0.1) is 0 Å². The van der Waals surface area contributed by atoms with E-state index < -0.39 is 0 Å². The van der Waals surface area contributed by atoms with E-state index in [4.69, 9.17) is 0 Å². The van der Waals surface area contributed by atoms with E-state index in [9.17, 15) is 0 Å². The minimum Gasteiger partial charge on any atom is -0.308 e. The number of aromatic nitrogens is 2. The lowest BCUT2D eigenvalue weighted by Crippen LogP contribution is -1.79. The van der Waals surface area contributed by atoms with Gasteiger partial charge in [-0.3, -0.25) is 4.98 Å². The molecule has 0 radical (unpaired) electrons. The average molecular weight is 192 g/mol. The van der Waals surface area contributed by atoms with Crippen LogP contribution in [0.1, 0.15) is 0 Å². The summed E-state index contributed by atoms with van der Waals surface area (Å²) in [6.45, 7) is 0. The van der Waals surface area contributed by atoms with Crippen molar-refractivity contribution in [3.05, 3.63) is 48.7 Å². The van der Waals surface area contributed by atoms with E-state index in [1.807, 2.05) is 12.3 Å². The van der Waals surface area contributed by atoms with Crippen molar-refractivity contribution in [2.75, 3.05) is 0 Å². The Morgan fingerprint density at radius 3 is 2.87 bits per heavy atom. The fraction of sp³-hybridized carbons (Fsp3) is 0. The molecule has 0 saturated carbocycles. The van der Waals surface area contributed by atoms with Crippen molar-refractivity contribution in [2.24, 2.45) is 0 Å². The smallest absolute Gasteiger partial charge is 0.0963 e. The third-order valence-electron chi connectivity index (χ3n) is 3.00. The van der Waals surface area contributed by atoms with Crippen molar-refractivity contribution in [2.45, 2.75) is 0 Å². The van der Waals surface area contributed by atoms with Gasteiger partial charge in [-0.2, -0.15) is 0 Å². The molecule has 0 unspecified atom stereocenters. The first-order valence-corrected chi connectivity index (χ1v) is 5.01. The zero-order chi connectivity index (χ0) is 9.83. The number of nitrogens with zero attached hydrogens (tertiary/aromatic N) is 2. The van der Waals surface area contributed by atoms with Crippen molar-refractivity contribution < 1.29 is 0 Å². The predicted octanol–water partition coefficient (Wildman–Crippen LogP) is 3.08. The molecular formula is C13H8N2. The van der Waals surface area contributed by atoms with Crippen molar-refractivity contribution in [1.82, 2.24) is 9.38 Å². The molecule has 0 aliphatic carbocycles. The first kappa shape index (κ1) is 7.23. The molecule has 4 aromatic rings. The molecular weight excluding hydrogens is 184 g/mol. The van der Waals surface area contributed by atoms with Crippen LogP contribution < -0.4 is 0 Å². The third kappa shape index (κ3) is 0.734. The highest BCUT2D eigenvalue weighted by Crippen LogP contribution is 2.29. The molecule has 4 heterocycles. The van der Waals surface area contributed by atoms with Crippen LogP contribution >= 0.6 is 0 Å². The van der Waals surface area contributed by atoms with Crippen LogP contribution in [0.15, 0.2) is 48.7 Å². The molecule has 0 aromatic carbocycles. The summed E-state index contributed by atoms with van der Waals surface area (Å²) in [7, 11) is 0. The monoisotopic (exact) mass is 192 g/mol. The van der Waals surface area contributed by atoms with Gasteiger partial charge in [-0.25, -0.2) is 0 Å². The Hall–Kier alpha value is -2.09. The lowest BCUT2D eigenvalue weighted by atomic mass is 10.2. The van der Waals surface area contributed by atoms with E-state index in [0.29, 0.717) is 0 Å². The fourth-order valence-corrected chi connectivity index (χ4v) is 2.37. The summed E-state index contributed by atoms with van der Waals surface area (Å²) in [4.78, 5) is 4.45. The Morgan fingerprint density at radius 2 is 1.87 bits per heavy atom. The Bertz CT molecular complexity index is 745. The molecule has 4 rings (SSSR count). The summed E-state index contributed by atoms with van der Waals surface area (Å²) in [5, 5.41) is 1.23. The Kier molecular flexibility index (Phi) is 1.10. The van der Waals surface area contributed by atoms with E-state index in [2.05, 4.69) is 45.8 Å². The summed E-state index contributed by atoms with van der Waals surface area (Å²) in [5.74, 6) is 0. The quantitative estimate of drug-likeness (QED) is 0.418. The predicted molar refractivity (Wildman–Crippen MR) is 61.4 cm³/mol. The molecule has 2 heteroatoms. The van der Waals surface area contributed by atoms with E-state index in [-0.39, 0.29) is 0 Å². The zero-order valence-electron chi connectivity index (χ0n) is 8.01. The van der Waals surface area contributed by atoms with Crippen molar-refractivity contribution in [3.8, 4) is 0 Å². The maximum absolute atomic E-state index is 4.45. The molecule has 0 fully saturated rings. The van der Waals surface area contributed by atoms with Gasteiger partial charge in [0.05, 0.1) is 16.6 Å². The van der Waals surface area contributed by atoms with Gasteiger partial charge in [0.15, 0.2) is 0 Å². The molecule has 0 N–H and O–H groups in total. The fourth-order valence-electron chi connectivity index (χ4n) is 2.37. The summed E-state index contributed by atoms with van der Waals surface area (Å²) in [6, 6.07) is 14.8. The number of hydrogen-bond acceptors (Lipinski definition) is 1. The van der Waals surface area contributed by atoms with Crippen molar-refractivity contribution in [1.29, 1.82) is 0 Å². The van der Waals surface area contributed by atoms with Crippen LogP contribution in [-0.2, 0) is 0 Å². The molecule has 15 heavy (non-hydrogen) atoms. The standard InChI is InChI=1S/C13H8N2/c1-3-9-6-7-11-10-4-2-8-14-13(10)12(5-1)15(9)11/h1-8H. The van der Waals surface area contributed by atoms with E-state index >= 15 is 0 Å². The van der Waals surface area contributed by atoms with Crippen LogP contribution in [0.4, 0.5) is 0 Å². The Balaban J connectivity index is 2.53. The summed E-state index contributed by atoms with van der Waals surface area (Å²) >= 11 is 0. The van der Waals surface area contributed by atoms with Gasteiger partial charge in [0.25, 0.3) is 0 Å². The maximum Gasteiger partial charge on any atom is 0.0963 e. The maximum atomic E-state index is 4.45. The second kappa shape index (κ2) is 2.28. The molecule has 0 atom stereocenters. The summed E-state index contributed by atoms with van der Waals surface area (Å²) < 4.78 is 2.26. The first-order chi connectivity index (χ1) is 7.45. The molecule has 0 amide bonds. The second-order valence-electron chi connectivity index (χ2n) is 3.79. The normalized spacial score (nSPS) is 12.0. The highest BCUT2D eigenvalue weighted by atomic mass is 14.9. The van der Waals surface area contributed by atoms with Crippen LogP contribution in [0.2, 0.25) is 0 Å². The molecule has 4 aromatic heterocycles. The van der Waals surface area contributed by atoms with Gasteiger partial charge in [0.2, 0.25) is 0 Å². The Morgan fingerprint density at radius 1 is 0.867 bits per heavy atom. The van der Waals surface area contributed by atoms with Gasteiger partial charge in [0, 0.05) is 17.1 Å². The van der Waals surface area contributed by atoms with E-state index in [0.717, 1.165) is 5.52 Å². The molecule has 0 aliphatic rings. The van der Waals surface area contributed by atoms with Crippen LogP contribution in [0, 0.1) is 0 Å². The van der Waals surface area contributed by atoms with Gasteiger partial charge >= 0.3 is 0 Å². The minimum absolute atomic E-state index is 1.10. The lowest BCUT2D eigenvalue weighted by Gasteiger charge is -1.93. The lowest BCUT2D eigenvalue weighted by molar-refractivity contribution is 1.34. The Labute approximate surface area is 86.1 Å². The zero-order valence-corrected chi connectivity index (χ0v) is 8.01. The number of pyridine rings is 2. The van der Waals surface area contributed by atoms with Crippen LogP contribution in [0.5, 0.6) is 0 Å². The second-order valence-corrected chi connectivity index (χ2v) is 3.79. The van der Waals surface area contributed by atoms with Gasteiger partial charge in [-0.05, 0) is 36.4 Å². The molecule has 0 aliphatic heterocycles. The van der Waals surface area contributed by atoms with Crippen molar-refractivity contribution in [3.63, 3.8) is 0 Å². The van der Waals surface area contributed by atoms with Crippen LogP contribution in [-0.4, -0.2) is 9.38 Å². The highest BCUT2D eigenvalue weighted by molar-refractivity contribution is 6.07. The highest BCUT2D eigenvalue weighted by Gasteiger charge is 2.10. The van der Waals surface area contributed by atoms with Gasteiger partial charge < -0.3 is 4.40 Å². The minimum atomic E-state index is 1.10. The van der Waals surface area contributed by atoms with E-state index in [1.54, 1.807) is 0 Å². The summed E-state index contributed by atoms with van der Waals surface area (Å²) in [5.41, 5.74) is 4.78. The van der Waals surface area contributed by atoms with E-state index in [1.165, 1.54) is 21.9 Å². The van der Waals surface area contributed by atoms with Crippen molar-refractivity contribution >= 4 is 27.5 Å². The van der Waals surface area contributed by atoms with Crippen LogP contribution in [0.3, 0.4) is 0 Å². The van der Waals surface area contributed by atoms with Gasteiger partial charge in [-0.1, -0.05) is 6.07 Å². The number of hydrogen-bond donors (Lipinski definition) is 0.